The summed E-state index contributed by atoms with van der Waals surface area (Å²) in [5, 5.41) is 4.58. The number of para-hydroxylation sites is 1. The first-order valence-electron chi connectivity index (χ1n) is 7.79. The van der Waals surface area contributed by atoms with Crippen LogP contribution in [0.4, 0.5) is 0 Å². The summed E-state index contributed by atoms with van der Waals surface area (Å²) in [6.07, 6.45) is 0. The molecule has 2 aromatic carbocycles. The fourth-order valence-corrected chi connectivity index (χ4v) is 3.61. The van der Waals surface area contributed by atoms with Gasteiger partial charge in [-0.15, -0.1) is 0 Å². The molecule has 1 aromatic heterocycles. The lowest BCUT2D eigenvalue weighted by Crippen LogP contribution is -2.15. The fourth-order valence-electron chi connectivity index (χ4n) is 2.63. The van der Waals surface area contributed by atoms with Crippen molar-refractivity contribution in [1.29, 1.82) is 0 Å². The van der Waals surface area contributed by atoms with Gasteiger partial charge in [-0.05, 0) is 56.7 Å². The first-order valence-corrected chi connectivity index (χ1v) is 9.66. The molecule has 0 saturated carbocycles. The molecule has 0 N–H and O–H groups in total. The van der Waals surface area contributed by atoms with Gasteiger partial charge >= 0.3 is 11.9 Å². The Morgan fingerprint density at radius 2 is 1.67 bits per heavy atom. The molecule has 0 spiro atoms. The standard InChI is InChI=1S/C19H14BrIN2O4/c1-26-18(24)14-16(12-9-6-10-13(20)15(12)21)22-23(17(14)19(25)27-2)11-7-4-3-5-8-11/h3-10H,1-2H3. The molecule has 1 heterocycles. The SMILES string of the molecule is COC(=O)c1c(-c2cccc(Br)c2I)nn(-c2ccccc2)c1C(=O)OC. The molecule has 0 atom stereocenters. The van der Waals surface area contributed by atoms with Gasteiger partial charge in [-0.3, -0.25) is 0 Å². The Kier molecular flexibility index (Phi) is 5.95. The summed E-state index contributed by atoms with van der Waals surface area (Å²) in [7, 11) is 2.52. The van der Waals surface area contributed by atoms with Gasteiger partial charge in [0.2, 0.25) is 0 Å². The number of methoxy groups -OCH3 is 2. The van der Waals surface area contributed by atoms with Crippen LogP contribution >= 0.6 is 38.5 Å². The Morgan fingerprint density at radius 1 is 1.00 bits per heavy atom. The number of ether oxygens (including phenoxy) is 2. The van der Waals surface area contributed by atoms with Gasteiger partial charge in [0.25, 0.3) is 0 Å². The van der Waals surface area contributed by atoms with Crippen molar-refractivity contribution in [2.45, 2.75) is 0 Å². The number of carbonyl (C=O) groups is 2. The van der Waals surface area contributed by atoms with Crippen molar-refractivity contribution in [3.8, 4) is 16.9 Å². The van der Waals surface area contributed by atoms with Crippen LogP contribution in [0.2, 0.25) is 0 Å². The molecule has 3 rings (SSSR count). The molecule has 3 aromatic rings. The quantitative estimate of drug-likeness (QED) is 0.360. The summed E-state index contributed by atoms with van der Waals surface area (Å²) in [5.41, 5.74) is 1.74. The predicted molar refractivity (Wildman–Crippen MR) is 112 cm³/mol. The van der Waals surface area contributed by atoms with Crippen molar-refractivity contribution < 1.29 is 19.1 Å². The van der Waals surface area contributed by atoms with Crippen molar-refractivity contribution >= 4 is 50.5 Å². The molecule has 0 fully saturated rings. The number of rotatable bonds is 4. The highest BCUT2D eigenvalue weighted by molar-refractivity contribution is 14.1. The van der Waals surface area contributed by atoms with Crippen LogP contribution in [-0.4, -0.2) is 35.9 Å². The zero-order valence-corrected chi connectivity index (χ0v) is 18.1. The number of esters is 2. The van der Waals surface area contributed by atoms with E-state index in [9.17, 15) is 9.59 Å². The highest BCUT2D eigenvalue weighted by atomic mass is 127. The highest BCUT2D eigenvalue weighted by Gasteiger charge is 2.32. The van der Waals surface area contributed by atoms with Crippen molar-refractivity contribution in [1.82, 2.24) is 9.78 Å². The highest BCUT2D eigenvalue weighted by Crippen LogP contribution is 2.34. The lowest BCUT2D eigenvalue weighted by atomic mass is 10.1. The van der Waals surface area contributed by atoms with Gasteiger partial charge in [-0.1, -0.05) is 30.3 Å². The van der Waals surface area contributed by atoms with Gasteiger partial charge in [0.15, 0.2) is 5.69 Å². The van der Waals surface area contributed by atoms with Gasteiger partial charge < -0.3 is 9.47 Å². The second kappa shape index (κ2) is 8.22. The Morgan fingerprint density at radius 3 is 2.30 bits per heavy atom. The van der Waals surface area contributed by atoms with E-state index in [0.29, 0.717) is 16.9 Å². The third kappa shape index (κ3) is 3.63. The van der Waals surface area contributed by atoms with E-state index in [0.717, 1.165) is 8.04 Å². The molecule has 0 unspecified atom stereocenters. The predicted octanol–water partition coefficient (Wildman–Crippen LogP) is 4.48. The summed E-state index contributed by atoms with van der Waals surface area (Å²) in [5.74, 6) is -1.34. The van der Waals surface area contributed by atoms with Crippen molar-refractivity contribution in [2.75, 3.05) is 14.2 Å². The molecule has 138 valence electrons. The maximum Gasteiger partial charge on any atom is 0.357 e. The molecule has 0 aliphatic rings. The van der Waals surface area contributed by atoms with Crippen LogP contribution in [0.5, 0.6) is 0 Å². The summed E-state index contributed by atoms with van der Waals surface area (Å²) in [6.45, 7) is 0. The number of halogens is 2. The third-order valence-electron chi connectivity index (χ3n) is 3.86. The van der Waals surface area contributed by atoms with Crippen LogP contribution in [0.3, 0.4) is 0 Å². The fraction of sp³-hybridized carbons (Fsp3) is 0.105. The van der Waals surface area contributed by atoms with Gasteiger partial charge in [-0.2, -0.15) is 5.10 Å². The van der Waals surface area contributed by atoms with Crippen LogP contribution in [-0.2, 0) is 9.47 Å². The number of benzene rings is 2. The van der Waals surface area contributed by atoms with E-state index in [-0.39, 0.29) is 11.3 Å². The first-order chi connectivity index (χ1) is 13.0. The van der Waals surface area contributed by atoms with Gasteiger partial charge in [0.05, 0.1) is 19.9 Å². The van der Waals surface area contributed by atoms with E-state index in [4.69, 9.17) is 9.47 Å². The van der Waals surface area contributed by atoms with Crippen LogP contribution < -0.4 is 0 Å². The van der Waals surface area contributed by atoms with Crippen LogP contribution in [0.25, 0.3) is 16.9 Å². The lowest BCUT2D eigenvalue weighted by Gasteiger charge is -2.07. The minimum atomic E-state index is -0.678. The van der Waals surface area contributed by atoms with Crippen molar-refractivity contribution in [3.05, 3.63) is 67.8 Å². The molecule has 0 radical (unpaired) electrons. The van der Waals surface area contributed by atoms with E-state index in [1.165, 1.54) is 18.9 Å². The Balaban J connectivity index is 2.40. The van der Waals surface area contributed by atoms with E-state index in [1.807, 2.05) is 36.4 Å². The number of aromatic nitrogens is 2. The number of carbonyl (C=O) groups excluding carboxylic acids is 2. The first kappa shape index (κ1) is 19.6. The summed E-state index contributed by atoms with van der Waals surface area (Å²) < 4.78 is 13.0. The minimum absolute atomic E-state index is 0.0151. The molecular formula is C19H14BrIN2O4. The minimum Gasteiger partial charge on any atom is -0.465 e. The van der Waals surface area contributed by atoms with Crippen molar-refractivity contribution in [3.63, 3.8) is 0 Å². The second-order valence-corrected chi connectivity index (χ2v) is 7.34. The monoisotopic (exact) mass is 540 g/mol. The zero-order chi connectivity index (χ0) is 19.6. The molecule has 0 amide bonds. The smallest absolute Gasteiger partial charge is 0.357 e. The maximum atomic E-state index is 12.6. The van der Waals surface area contributed by atoms with E-state index < -0.39 is 11.9 Å². The zero-order valence-electron chi connectivity index (χ0n) is 14.4. The Hall–Kier alpha value is -2.20. The average molecular weight is 541 g/mol. The Bertz CT molecular complexity index is 1020. The van der Waals surface area contributed by atoms with Crippen LogP contribution in [0.15, 0.2) is 53.0 Å². The molecule has 0 bridgehead atoms. The molecular weight excluding hydrogens is 527 g/mol. The lowest BCUT2D eigenvalue weighted by molar-refractivity contribution is 0.0549. The normalized spacial score (nSPS) is 10.5. The van der Waals surface area contributed by atoms with Crippen LogP contribution in [0.1, 0.15) is 20.8 Å². The molecule has 6 nitrogen and oxygen atoms in total. The maximum absolute atomic E-state index is 12.6. The number of hydrogen-bond donors (Lipinski definition) is 0. The molecule has 0 aliphatic carbocycles. The Labute approximate surface area is 177 Å². The third-order valence-corrected chi connectivity index (χ3v) is 6.43. The average Bonchev–Trinajstić information content (AvgIpc) is 3.09. The van der Waals surface area contributed by atoms with E-state index in [2.05, 4.69) is 43.6 Å². The largest absolute Gasteiger partial charge is 0.465 e. The van der Waals surface area contributed by atoms with E-state index in [1.54, 1.807) is 12.1 Å². The molecule has 0 saturated heterocycles. The molecule has 0 aliphatic heterocycles. The van der Waals surface area contributed by atoms with E-state index >= 15 is 0 Å². The number of nitrogens with zero attached hydrogens (tertiary/aromatic N) is 2. The second-order valence-electron chi connectivity index (χ2n) is 5.40. The summed E-state index contributed by atoms with van der Waals surface area (Å²) >= 11 is 5.64. The molecule has 8 heteroatoms. The summed E-state index contributed by atoms with van der Waals surface area (Å²) in [4.78, 5) is 25.1. The molecule has 27 heavy (non-hydrogen) atoms. The topological polar surface area (TPSA) is 70.4 Å². The van der Waals surface area contributed by atoms with Gasteiger partial charge in [0, 0.05) is 13.6 Å². The van der Waals surface area contributed by atoms with Crippen LogP contribution in [0, 0.1) is 3.57 Å². The van der Waals surface area contributed by atoms with Gasteiger partial charge in [-0.25, -0.2) is 14.3 Å². The van der Waals surface area contributed by atoms with Crippen molar-refractivity contribution in [2.24, 2.45) is 0 Å². The van der Waals surface area contributed by atoms with Gasteiger partial charge in [0.1, 0.15) is 11.3 Å². The summed E-state index contributed by atoms with van der Waals surface area (Å²) in [6, 6.07) is 14.6. The number of hydrogen-bond acceptors (Lipinski definition) is 5.